The monoisotopic (exact) mass is 293 g/mol. The second-order valence-corrected chi connectivity index (χ2v) is 8.00. The van der Waals surface area contributed by atoms with Crippen LogP contribution in [0.5, 0.6) is 0 Å². The first-order valence-corrected chi connectivity index (χ1v) is 8.80. The number of ether oxygens (including phenoxy) is 1. The van der Waals surface area contributed by atoms with Crippen LogP contribution < -0.4 is 11.3 Å². The molecule has 0 aromatic carbocycles. The normalized spacial score (nSPS) is 20.4. The van der Waals surface area contributed by atoms with Crippen molar-refractivity contribution in [3.63, 3.8) is 0 Å². The Bertz CT molecular complexity index is 364. The summed E-state index contributed by atoms with van der Waals surface area (Å²) in [5, 5.41) is 0. The highest BCUT2D eigenvalue weighted by atomic mass is 32.2. The van der Waals surface area contributed by atoms with E-state index in [9.17, 15) is 8.42 Å². The molecule has 0 saturated carbocycles. The SMILES string of the molecule is CC(C)(C(CCCS(C)(=O)=O)NN)N1CCOCC1. The van der Waals surface area contributed by atoms with Crippen LogP contribution in [0.4, 0.5) is 0 Å². The zero-order valence-electron chi connectivity index (χ0n) is 12.2. The van der Waals surface area contributed by atoms with Crippen molar-refractivity contribution in [2.45, 2.75) is 38.3 Å². The molecule has 0 aliphatic carbocycles. The Morgan fingerprint density at radius 3 is 2.42 bits per heavy atom. The van der Waals surface area contributed by atoms with Gasteiger partial charge < -0.3 is 4.74 Å². The first-order chi connectivity index (χ1) is 8.77. The average Bonchev–Trinajstić information content (AvgIpc) is 2.34. The zero-order valence-corrected chi connectivity index (χ0v) is 13.0. The zero-order chi connectivity index (χ0) is 14.5. The van der Waals surface area contributed by atoms with Crippen LogP contribution in [0.15, 0.2) is 0 Å². The molecule has 1 aliphatic heterocycles. The lowest BCUT2D eigenvalue weighted by molar-refractivity contribution is -0.0244. The van der Waals surface area contributed by atoms with Crippen molar-refractivity contribution in [2.75, 3.05) is 38.3 Å². The van der Waals surface area contributed by atoms with Crippen LogP contribution in [0.2, 0.25) is 0 Å². The summed E-state index contributed by atoms with van der Waals surface area (Å²) in [5.74, 6) is 5.87. The molecule has 0 bridgehead atoms. The molecule has 0 amide bonds. The van der Waals surface area contributed by atoms with Gasteiger partial charge in [-0.1, -0.05) is 0 Å². The minimum absolute atomic E-state index is 0.0624. The third kappa shape index (κ3) is 5.35. The molecule has 1 atom stereocenters. The lowest BCUT2D eigenvalue weighted by Crippen LogP contribution is -2.61. The summed E-state index contributed by atoms with van der Waals surface area (Å²) in [5.41, 5.74) is 2.73. The molecule has 0 aromatic heterocycles. The van der Waals surface area contributed by atoms with Crippen LogP contribution in [0.25, 0.3) is 0 Å². The molecule has 1 unspecified atom stereocenters. The summed E-state index contributed by atoms with van der Waals surface area (Å²) < 4.78 is 27.7. The molecular weight excluding hydrogens is 266 g/mol. The number of nitrogens with one attached hydrogen (secondary N) is 1. The molecule has 0 aromatic rings. The third-order valence-corrected chi connectivity index (χ3v) is 4.92. The van der Waals surface area contributed by atoms with Gasteiger partial charge in [0.15, 0.2) is 0 Å². The molecule has 1 fully saturated rings. The highest BCUT2D eigenvalue weighted by Gasteiger charge is 2.35. The minimum atomic E-state index is -2.90. The van der Waals surface area contributed by atoms with Gasteiger partial charge in [0.1, 0.15) is 9.84 Å². The molecule has 0 radical (unpaired) electrons. The van der Waals surface area contributed by atoms with Gasteiger partial charge in [-0.25, -0.2) is 8.42 Å². The predicted molar refractivity (Wildman–Crippen MR) is 76.5 cm³/mol. The Labute approximate surface area is 116 Å². The van der Waals surface area contributed by atoms with E-state index in [1.807, 2.05) is 0 Å². The highest BCUT2D eigenvalue weighted by Crippen LogP contribution is 2.23. The van der Waals surface area contributed by atoms with E-state index in [0.29, 0.717) is 6.42 Å². The second kappa shape index (κ2) is 6.99. The number of hydrogen-bond donors (Lipinski definition) is 2. The molecule has 6 nitrogen and oxygen atoms in total. The van der Waals surface area contributed by atoms with Gasteiger partial charge in [0, 0.05) is 36.7 Å². The first-order valence-electron chi connectivity index (χ1n) is 6.74. The van der Waals surface area contributed by atoms with E-state index in [-0.39, 0.29) is 17.3 Å². The average molecular weight is 293 g/mol. The van der Waals surface area contributed by atoms with Crippen molar-refractivity contribution in [3.8, 4) is 0 Å². The smallest absolute Gasteiger partial charge is 0.147 e. The van der Waals surface area contributed by atoms with Crippen molar-refractivity contribution in [2.24, 2.45) is 5.84 Å². The van der Waals surface area contributed by atoms with Crippen LogP contribution in [-0.4, -0.2) is 63.2 Å². The molecule has 3 N–H and O–H groups in total. The quantitative estimate of drug-likeness (QED) is 0.497. The molecule has 1 aliphatic rings. The van der Waals surface area contributed by atoms with Gasteiger partial charge in [-0.05, 0) is 26.7 Å². The molecule has 1 saturated heterocycles. The Kier molecular flexibility index (Phi) is 6.19. The fourth-order valence-corrected chi connectivity index (χ4v) is 3.24. The van der Waals surface area contributed by atoms with Gasteiger partial charge in [-0.3, -0.25) is 16.2 Å². The topological polar surface area (TPSA) is 84.7 Å². The van der Waals surface area contributed by atoms with Gasteiger partial charge in [0.05, 0.1) is 13.2 Å². The van der Waals surface area contributed by atoms with Crippen LogP contribution in [0.1, 0.15) is 26.7 Å². The van der Waals surface area contributed by atoms with Crippen molar-refractivity contribution in [1.29, 1.82) is 0 Å². The lowest BCUT2D eigenvalue weighted by atomic mass is 9.89. The summed E-state index contributed by atoms with van der Waals surface area (Å²) in [6, 6.07) is 0.0624. The molecule has 114 valence electrons. The van der Waals surface area contributed by atoms with Crippen molar-refractivity contribution in [1.82, 2.24) is 10.3 Å². The van der Waals surface area contributed by atoms with E-state index in [2.05, 4.69) is 24.2 Å². The van der Waals surface area contributed by atoms with Gasteiger partial charge in [0.25, 0.3) is 0 Å². The Hall–Kier alpha value is -0.210. The maximum absolute atomic E-state index is 11.2. The predicted octanol–water partition coefficient (Wildman–Crippen LogP) is -0.246. The van der Waals surface area contributed by atoms with Gasteiger partial charge in [-0.2, -0.15) is 0 Å². The summed E-state index contributed by atoms with van der Waals surface area (Å²) in [6.07, 6.45) is 2.64. The highest BCUT2D eigenvalue weighted by molar-refractivity contribution is 7.90. The molecule has 19 heavy (non-hydrogen) atoms. The van der Waals surface area contributed by atoms with Gasteiger partial charge in [0.2, 0.25) is 0 Å². The standard InChI is InChI=1S/C12H27N3O3S/c1-12(2,15-6-8-18-9-7-15)11(14-13)5-4-10-19(3,16)17/h11,14H,4-10,13H2,1-3H3. The molecular formula is C12H27N3O3S. The van der Waals surface area contributed by atoms with E-state index in [4.69, 9.17) is 10.6 Å². The fourth-order valence-electron chi connectivity index (χ4n) is 2.55. The number of nitrogens with zero attached hydrogens (tertiary/aromatic N) is 1. The largest absolute Gasteiger partial charge is 0.379 e. The minimum Gasteiger partial charge on any atom is -0.379 e. The Morgan fingerprint density at radius 2 is 1.95 bits per heavy atom. The maximum Gasteiger partial charge on any atom is 0.147 e. The third-order valence-electron chi connectivity index (χ3n) is 3.89. The van der Waals surface area contributed by atoms with Crippen molar-refractivity contribution >= 4 is 9.84 Å². The second-order valence-electron chi connectivity index (χ2n) is 5.74. The molecule has 1 heterocycles. The van der Waals surface area contributed by atoms with Crippen LogP contribution in [0.3, 0.4) is 0 Å². The summed E-state index contributed by atoms with van der Waals surface area (Å²) >= 11 is 0. The van der Waals surface area contributed by atoms with E-state index in [0.717, 1.165) is 32.7 Å². The van der Waals surface area contributed by atoms with E-state index < -0.39 is 9.84 Å². The number of sulfone groups is 1. The molecule has 7 heteroatoms. The van der Waals surface area contributed by atoms with Crippen LogP contribution in [0, 0.1) is 0 Å². The number of morpholine rings is 1. The molecule has 1 rings (SSSR count). The lowest BCUT2D eigenvalue weighted by Gasteiger charge is -2.45. The van der Waals surface area contributed by atoms with Crippen molar-refractivity contribution in [3.05, 3.63) is 0 Å². The first kappa shape index (κ1) is 16.8. The summed E-state index contributed by atoms with van der Waals surface area (Å²) in [4.78, 5) is 2.35. The molecule has 0 spiro atoms. The van der Waals surface area contributed by atoms with Crippen LogP contribution >= 0.6 is 0 Å². The Morgan fingerprint density at radius 1 is 1.37 bits per heavy atom. The number of nitrogens with two attached hydrogens (primary N) is 1. The number of hydrazine groups is 1. The van der Waals surface area contributed by atoms with Gasteiger partial charge >= 0.3 is 0 Å². The van der Waals surface area contributed by atoms with E-state index in [1.165, 1.54) is 6.26 Å². The summed E-state index contributed by atoms with van der Waals surface area (Å²) in [6.45, 7) is 7.54. The summed E-state index contributed by atoms with van der Waals surface area (Å²) in [7, 11) is -2.90. The van der Waals surface area contributed by atoms with E-state index >= 15 is 0 Å². The van der Waals surface area contributed by atoms with E-state index in [1.54, 1.807) is 0 Å². The van der Waals surface area contributed by atoms with Crippen molar-refractivity contribution < 1.29 is 13.2 Å². The van der Waals surface area contributed by atoms with Gasteiger partial charge in [-0.15, -0.1) is 0 Å². The maximum atomic E-state index is 11.2. The Balaban J connectivity index is 2.55. The fraction of sp³-hybridized carbons (Fsp3) is 1.00. The van der Waals surface area contributed by atoms with Crippen LogP contribution in [-0.2, 0) is 14.6 Å². The number of rotatable bonds is 7. The number of hydrogen-bond acceptors (Lipinski definition) is 6.